The number of amides is 1. The molecule has 5 rings (SSSR count). The van der Waals surface area contributed by atoms with Gasteiger partial charge in [0.1, 0.15) is 11.6 Å². The molecule has 0 saturated heterocycles. The Balaban J connectivity index is 1.27. The van der Waals surface area contributed by atoms with Gasteiger partial charge in [-0.25, -0.2) is 12.8 Å². The zero-order chi connectivity index (χ0) is 28.8. The van der Waals surface area contributed by atoms with Crippen LogP contribution in [0.25, 0.3) is 0 Å². The van der Waals surface area contributed by atoms with E-state index in [4.69, 9.17) is 9.47 Å². The van der Waals surface area contributed by atoms with E-state index < -0.39 is 40.4 Å². The average molecular weight is 575 g/mol. The molecule has 1 aliphatic heterocycles. The van der Waals surface area contributed by atoms with E-state index in [0.29, 0.717) is 29.2 Å². The standard InChI is InChI=1S/C31H27FN2O6S/c32-23-14-16-25(17-15-23)41(37,38)34-19-18-22-8-4-5-11-26(22)28(34)20-31(36)39-21-30(35)33-27-12-6-7-13-29(27)40-24-9-2-1-3-10-24/h1-17,28H,18-21H2,(H,33,35). The van der Waals surface area contributed by atoms with Crippen LogP contribution in [0.4, 0.5) is 10.1 Å². The fourth-order valence-electron chi connectivity index (χ4n) is 4.69. The quantitative estimate of drug-likeness (QED) is 0.266. The highest BCUT2D eigenvalue weighted by Gasteiger charge is 2.38. The molecule has 0 aliphatic carbocycles. The number of nitrogens with one attached hydrogen (secondary N) is 1. The first-order valence-electron chi connectivity index (χ1n) is 12.9. The molecule has 10 heteroatoms. The maximum absolute atomic E-state index is 13.5. The Morgan fingerprint density at radius 1 is 0.878 bits per heavy atom. The van der Waals surface area contributed by atoms with E-state index in [2.05, 4.69) is 5.32 Å². The molecule has 8 nitrogen and oxygen atoms in total. The SMILES string of the molecule is O=C(COC(=O)CC1c2ccccc2CCN1S(=O)(=O)c1ccc(F)cc1)Nc1ccccc1Oc1ccccc1. The van der Waals surface area contributed by atoms with Crippen LogP contribution in [0.3, 0.4) is 0 Å². The molecule has 4 aromatic carbocycles. The Labute approximate surface area is 237 Å². The Morgan fingerprint density at radius 3 is 2.34 bits per heavy atom. The van der Waals surface area contributed by atoms with Crippen molar-refractivity contribution in [2.75, 3.05) is 18.5 Å². The zero-order valence-corrected chi connectivity index (χ0v) is 22.7. The molecule has 0 bridgehead atoms. The molecular weight excluding hydrogens is 547 g/mol. The maximum atomic E-state index is 13.5. The molecule has 0 spiro atoms. The van der Waals surface area contributed by atoms with Crippen LogP contribution in [0.1, 0.15) is 23.6 Å². The first-order valence-corrected chi connectivity index (χ1v) is 14.4. The van der Waals surface area contributed by atoms with Gasteiger partial charge in [0.2, 0.25) is 10.0 Å². The number of hydrogen-bond donors (Lipinski definition) is 1. The third-order valence-electron chi connectivity index (χ3n) is 6.64. The summed E-state index contributed by atoms with van der Waals surface area (Å²) in [6, 6.07) is 26.9. The normalized spacial score (nSPS) is 15.0. The number of halogens is 1. The van der Waals surface area contributed by atoms with Gasteiger partial charge in [-0.15, -0.1) is 0 Å². The summed E-state index contributed by atoms with van der Waals surface area (Å²) >= 11 is 0. The number of para-hydroxylation sites is 3. The molecule has 1 heterocycles. The van der Waals surface area contributed by atoms with Gasteiger partial charge in [0.15, 0.2) is 12.4 Å². The van der Waals surface area contributed by atoms with Gasteiger partial charge in [-0.3, -0.25) is 9.59 Å². The van der Waals surface area contributed by atoms with Crippen LogP contribution in [0.2, 0.25) is 0 Å². The largest absolute Gasteiger partial charge is 0.456 e. The van der Waals surface area contributed by atoms with E-state index in [-0.39, 0.29) is 17.9 Å². The maximum Gasteiger partial charge on any atom is 0.308 e. The van der Waals surface area contributed by atoms with Gasteiger partial charge in [0.05, 0.1) is 23.0 Å². The molecule has 1 unspecified atom stereocenters. The highest BCUT2D eigenvalue weighted by molar-refractivity contribution is 7.89. The van der Waals surface area contributed by atoms with Crippen LogP contribution < -0.4 is 10.1 Å². The molecule has 0 fully saturated rings. The van der Waals surface area contributed by atoms with E-state index in [1.54, 1.807) is 48.5 Å². The highest BCUT2D eigenvalue weighted by atomic mass is 32.2. The summed E-state index contributed by atoms with van der Waals surface area (Å²) in [4.78, 5) is 25.5. The number of anilines is 1. The van der Waals surface area contributed by atoms with Crippen LogP contribution in [-0.2, 0) is 30.8 Å². The lowest BCUT2D eigenvalue weighted by Gasteiger charge is -2.36. The van der Waals surface area contributed by atoms with Crippen molar-refractivity contribution >= 4 is 27.6 Å². The minimum absolute atomic E-state index is 0.0765. The molecule has 1 atom stereocenters. The van der Waals surface area contributed by atoms with Gasteiger partial charge in [0.25, 0.3) is 5.91 Å². The molecule has 0 aromatic heterocycles. The van der Waals surface area contributed by atoms with Gasteiger partial charge in [0, 0.05) is 6.54 Å². The van der Waals surface area contributed by atoms with Crippen molar-refractivity contribution in [2.45, 2.75) is 23.8 Å². The second-order valence-electron chi connectivity index (χ2n) is 9.36. The molecule has 41 heavy (non-hydrogen) atoms. The first-order chi connectivity index (χ1) is 19.8. The van der Waals surface area contributed by atoms with E-state index in [0.717, 1.165) is 17.7 Å². The predicted octanol–water partition coefficient (Wildman–Crippen LogP) is 5.48. The Kier molecular flexibility index (Phi) is 8.42. The van der Waals surface area contributed by atoms with Gasteiger partial charge >= 0.3 is 5.97 Å². The van der Waals surface area contributed by atoms with Crippen molar-refractivity contribution < 1.29 is 31.9 Å². The summed E-state index contributed by atoms with van der Waals surface area (Å²) in [5.74, 6) is -0.870. The number of esters is 1. The van der Waals surface area contributed by atoms with Crippen LogP contribution in [-0.4, -0.2) is 37.8 Å². The van der Waals surface area contributed by atoms with Crippen molar-refractivity contribution in [3.63, 3.8) is 0 Å². The Morgan fingerprint density at radius 2 is 1.56 bits per heavy atom. The number of benzene rings is 4. The summed E-state index contributed by atoms with van der Waals surface area (Å²) in [5, 5.41) is 2.69. The van der Waals surface area contributed by atoms with Gasteiger partial charge < -0.3 is 14.8 Å². The number of carbonyl (C=O) groups excluding carboxylic acids is 2. The number of hydrogen-bond acceptors (Lipinski definition) is 6. The minimum atomic E-state index is -4.05. The smallest absolute Gasteiger partial charge is 0.308 e. The second kappa shape index (κ2) is 12.3. The molecule has 4 aromatic rings. The van der Waals surface area contributed by atoms with E-state index in [9.17, 15) is 22.4 Å². The summed E-state index contributed by atoms with van der Waals surface area (Å²) < 4.78 is 52.8. The van der Waals surface area contributed by atoms with Crippen LogP contribution in [0, 0.1) is 5.82 Å². The number of carbonyl (C=O) groups is 2. The predicted molar refractivity (Wildman–Crippen MR) is 150 cm³/mol. The fourth-order valence-corrected chi connectivity index (χ4v) is 6.30. The van der Waals surface area contributed by atoms with Crippen molar-refractivity contribution in [1.29, 1.82) is 0 Å². The molecule has 1 amide bonds. The number of ether oxygens (including phenoxy) is 2. The fraction of sp³-hybridized carbons (Fsp3) is 0.161. The molecular formula is C31H27FN2O6S. The summed E-state index contributed by atoms with van der Waals surface area (Å²) in [6.07, 6.45) is 0.146. The number of fused-ring (bicyclic) bond motifs is 1. The van der Waals surface area contributed by atoms with Crippen molar-refractivity contribution in [3.8, 4) is 11.5 Å². The van der Waals surface area contributed by atoms with Crippen molar-refractivity contribution in [2.24, 2.45) is 0 Å². The van der Waals surface area contributed by atoms with E-state index in [1.807, 2.05) is 30.3 Å². The van der Waals surface area contributed by atoms with E-state index >= 15 is 0 Å². The monoisotopic (exact) mass is 574 g/mol. The van der Waals surface area contributed by atoms with Gasteiger partial charge in [-0.2, -0.15) is 4.31 Å². The number of rotatable bonds is 9. The molecule has 0 saturated carbocycles. The average Bonchev–Trinajstić information content (AvgIpc) is 2.98. The second-order valence-corrected chi connectivity index (χ2v) is 11.2. The van der Waals surface area contributed by atoms with E-state index in [1.165, 1.54) is 16.4 Å². The molecule has 1 N–H and O–H groups in total. The summed E-state index contributed by atoms with van der Waals surface area (Å²) in [5.41, 5.74) is 2.00. The Hall–Kier alpha value is -4.54. The Bertz CT molecular complexity index is 1640. The molecule has 210 valence electrons. The lowest BCUT2D eigenvalue weighted by molar-refractivity contribution is -0.148. The highest BCUT2D eigenvalue weighted by Crippen LogP contribution is 2.36. The van der Waals surface area contributed by atoms with Crippen LogP contribution in [0.15, 0.2) is 108 Å². The summed E-state index contributed by atoms with van der Waals surface area (Å²) in [7, 11) is -4.05. The first kappa shape index (κ1) is 28.0. The topological polar surface area (TPSA) is 102 Å². The van der Waals surface area contributed by atoms with Gasteiger partial charge in [-0.05, 0) is 66.1 Å². The van der Waals surface area contributed by atoms with Crippen molar-refractivity contribution in [3.05, 3.63) is 120 Å². The summed E-state index contributed by atoms with van der Waals surface area (Å²) in [6.45, 7) is -0.440. The minimum Gasteiger partial charge on any atom is -0.456 e. The molecule has 1 aliphatic rings. The number of sulfonamides is 1. The lowest BCUT2D eigenvalue weighted by Crippen LogP contribution is -2.41. The lowest BCUT2D eigenvalue weighted by atomic mass is 9.92. The van der Waals surface area contributed by atoms with Crippen LogP contribution in [0.5, 0.6) is 11.5 Å². The van der Waals surface area contributed by atoms with Gasteiger partial charge in [-0.1, -0.05) is 54.6 Å². The van der Waals surface area contributed by atoms with Crippen molar-refractivity contribution in [1.82, 2.24) is 4.31 Å². The number of nitrogens with zero attached hydrogens (tertiary/aromatic N) is 1. The third-order valence-corrected chi connectivity index (χ3v) is 8.56. The zero-order valence-electron chi connectivity index (χ0n) is 21.9. The van der Waals surface area contributed by atoms with Crippen LogP contribution >= 0.6 is 0 Å². The third kappa shape index (κ3) is 6.62. The molecule has 0 radical (unpaired) electrons.